The molecule has 4 heteroatoms. The van der Waals surface area contributed by atoms with Gasteiger partial charge < -0.3 is 4.90 Å². The molecule has 1 amide bonds. The van der Waals surface area contributed by atoms with Gasteiger partial charge in [-0.15, -0.1) is 0 Å². The number of carbonyl (C=O) groups is 1. The van der Waals surface area contributed by atoms with Crippen LogP contribution in [-0.4, -0.2) is 47.9 Å². The number of piperidine rings is 1. The Morgan fingerprint density at radius 2 is 1.89 bits per heavy atom. The van der Waals surface area contributed by atoms with Crippen molar-refractivity contribution in [3.8, 4) is 6.07 Å². The SMILES string of the molecule is CCN(CC)C(=O)C(C)N1CCC(C)(C#N)CC1. The summed E-state index contributed by atoms with van der Waals surface area (Å²) in [5, 5.41) is 9.10. The molecule has 1 heterocycles. The molecular formula is C14H25N3O. The number of nitriles is 1. The molecule has 4 nitrogen and oxygen atoms in total. The number of hydrogen-bond acceptors (Lipinski definition) is 3. The van der Waals surface area contributed by atoms with Crippen molar-refractivity contribution < 1.29 is 4.79 Å². The Hall–Kier alpha value is -1.08. The van der Waals surface area contributed by atoms with Crippen LogP contribution < -0.4 is 0 Å². The van der Waals surface area contributed by atoms with Crippen LogP contribution in [0.25, 0.3) is 0 Å². The molecular weight excluding hydrogens is 226 g/mol. The summed E-state index contributed by atoms with van der Waals surface area (Å²) in [4.78, 5) is 16.3. The second-order valence-corrected chi connectivity index (χ2v) is 5.39. The van der Waals surface area contributed by atoms with E-state index in [1.807, 2.05) is 32.6 Å². The lowest BCUT2D eigenvalue weighted by Crippen LogP contribution is -2.50. The second-order valence-electron chi connectivity index (χ2n) is 5.39. The Labute approximate surface area is 111 Å². The van der Waals surface area contributed by atoms with E-state index in [-0.39, 0.29) is 17.4 Å². The van der Waals surface area contributed by atoms with Gasteiger partial charge in [0.2, 0.25) is 5.91 Å². The highest BCUT2D eigenvalue weighted by molar-refractivity contribution is 5.81. The van der Waals surface area contributed by atoms with Crippen LogP contribution in [0, 0.1) is 16.7 Å². The van der Waals surface area contributed by atoms with Crippen molar-refractivity contribution >= 4 is 5.91 Å². The summed E-state index contributed by atoms with van der Waals surface area (Å²) < 4.78 is 0. The molecule has 0 radical (unpaired) electrons. The van der Waals surface area contributed by atoms with Crippen molar-refractivity contribution in [2.75, 3.05) is 26.2 Å². The van der Waals surface area contributed by atoms with Crippen molar-refractivity contribution in [2.24, 2.45) is 5.41 Å². The molecule has 0 N–H and O–H groups in total. The summed E-state index contributed by atoms with van der Waals surface area (Å²) in [6, 6.07) is 2.33. The van der Waals surface area contributed by atoms with Crippen LogP contribution in [0.5, 0.6) is 0 Å². The zero-order valence-corrected chi connectivity index (χ0v) is 12.1. The van der Waals surface area contributed by atoms with E-state index < -0.39 is 0 Å². The smallest absolute Gasteiger partial charge is 0.239 e. The van der Waals surface area contributed by atoms with Gasteiger partial charge >= 0.3 is 0 Å². The first kappa shape index (κ1) is 15.0. The third kappa shape index (κ3) is 3.23. The van der Waals surface area contributed by atoms with Crippen LogP contribution in [0.3, 0.4) is 0 Å². The predicted octanol–water partition coefficient (Wildman–Crippen LogP) is 1.87. The minimum atomic E-state index is -0.200. The largest absolute Gasteiger partial charge is 0.342 e. The molecule has 0 spiro atoms. The zero-order chi connectivity index (χ0) is 13.8. The first-order valence-corrected chi connectivity index (χ1v) is 6.91. The summed E-state index contributed by atoms with van der Waals surface area (Å²) in [7, 11) is 0. The van der Waals surface area contributed by atoms with E-state index in [0.29, 0.717) is 0 Å². The Bertz CT molecular complexity index is 322. The molecule has 1 atom stereocenters. The molecule has 1 rings (SSSR count). The fourth-order valence-corrected chi connectivity index (χ4v) is 2.47. The fourth-order valence-electron chi connectivity index (χ4n) is 2.47. The average Bonchev–Trinajstić information content (AvgIpc) is 2.40. The molecule has 1 unspecified atom stereocenters. The summed E-state index contributed by atoms with van der Waals surface area (Å²) in [5.41, 5.74) is -0.200. The maximum absolute atomic E-state index is 12.3. The highest BCUT2D eigenvalue weighted by atomic mass is 16.2. The van der Waals surface area contributed by atoms with E-state index in [4.69, 9.17) is 5.26 Å². The van der Waals surface area contributed by atoms with E-state index in [0.717, 1.165) is 39.0 Å². The molecule has 0 bridgehead atoms. The average molecular weight is 251 g/mol. The number of carbonyl (C=O) groups excluding carboxylic acids is 1. The van der Waals surface area contributed by atoms with Crippen LogP contribution in [0.1, 0.15) is 40.5 Å². The summed E-state index contributed by atoms with van der Waals surface area (Å²) >= 11 is 0. The van der Waals surface area contributed by atoms with Crippen molar-refractivity contribution in [1.29, 1.82) is 5.26 Å². The van der Waals surface area contributed by atoms with Gasteiger partial charge in [-0.3, -0.25) is 9.69 Å². The second kappa shape index (κ2) is 6.19. The first-order valence-electron chi connectivity index (χ1n) is 6.91. The lowest BCUT2D eigenvalue weighted by Gasteiger charge is -2.39. The standard InChI is InChI=1S/C14H25N3O/c1-5-16(6-2)13(18)12(3)17-9-7-14(4,11-15)8-10-17/h12H,5-10H2,1-4H3. The number of amides is 1. The van der Waals surface area contributed by atoms with E-state index in [2.05, 4.69) is 11.0 Å². The Morgan fingerprint density at radius 1 is 1.39 bits per heavy atom. The van der Waals surface area contributed by atoms with Crippen LogP contribution in [0.2, 0.25) is 0 Å². The van der Waals surface area contributed by atoms with Gasteiger partial charge in [-0.25, -0.2) is 0 Å². The van der Waals surface area contributed by atoms with Gasteiger partial charge in [-0.1, -0.05) is 0 Å². The van der Waals surface area contributed by atoms with Crippen LogP contribution in [0.15, 0.2) is 0 Å². The van der Waals surface area contributed by atoms with Gasteiger partial charge in [0.05, 0.1) is 17.5 Å². The van der Waals surface area contributed by atoms with Crippen LogP contribution in [-0.2, 0) is 4.79 Å². The highest BCUT2D eigenvalue weighted by Gasteiger charge is 2.34. The molecule has 102 valence electrons. The number of likely N-dealkylation sites (tertiary alicyclic amines) is 1. The lowest BCUT2D eigenvalue weighted by atomic mass is 9.81. The Kier molecular flexibility index (Phi) is 5.15. The van der Waals surface area contributed by atoms with Gasteiger partial charge in [-0.05, 0) is 40.5 Å². The monoisotopic (exact) mass is 251 g/mol. The van der Waals surface area contributed by atoms with Gasteiger partial charge in [-0.2, -0.15) is 5.26 Å². The minimum Gasteiger partial charge on any atom is -0.342 e. The first-order chi connectivity index (χ1) is 8.47. The number of nitrogens with zero attached hydrogens (tertiary/aromatic N) is 3. The topological polar surface area (TPSA) is 47.3 Å². The molecule has 1 saturated heterocycles. The molecule has 0 aliphatic carbocycles. The van der Waals surface area contributed by atoms with Crippen molar-refractivity contribution in [3.63, 3.8) is 0 Å². The molecule has 1 aliphatic rings. The van der Waals surface area contributed by atoms with E-state index >= 15 is 0 Å². The summed E-state index contributed by atoms with van der Waals surface area (Å²) in [6.07, 6.45) is 1.72. The Balaban J connectivity index is 2.57. The van der Waals surface area contributed by atoms with Gasteiger partial charge in [0.25, 0.3) is 0 Å². The molecule has 0 aromatic carbocycles. The molecule has 1 fully saturated rings. The maximum atomic E-state index is 12.3. The maximum Gasteiger partial charge on any atom is 0.239 e. The van der Waals surface area contributed by atoms with Crippen LogP contribution >= 0.6 is 0 Å². The fraction of sp³-hybridized carbons (Fsp3) is 0.857. The van der Waals surface area contributed by atoms with Crippen LogP contribution in [0.4, 0.5) is 0 Å². The van der Waals surface area contributed by atoms with Crippen molar-refractivity contribution in [1.82, 2.24) is 9.80 Å². The van der Waals surface area contributed by atoms with Gasteiger partial charge in [0.1, 0.15) is 0 Å². The van der Waals surface area contributed by atoms with Crippen molar-refractivity contribution in [3.05, 3.63) is 0 Å². The third-order valence-electron chi connectivity index (χ3n) is 4.15. The predicted molar refractivity (Wildman–Crippen MR) is 71.9 cm³/mol. The molecule has 1 aliphatic heterocycles. The van der Waals surface area contributed by atoms with E-state index in [1.54, 1.807) is 0 Å². The minimum absolute atomic E-state index is 0.0619. The number of likely N-dealkylation sites (N-methyl/N-ethyl adjacent to an activating group) is 1. The zero-order valence-electron chi connectivity index (χ0n) is 12.1. The number of rotatable bonds is 4. The van der Waals surface area contributed by atoms with E-state index in [1.165, 1.54) is 0 Å². The van der Waals surface area contributed by atoms with Gasteiger partial charge in [0.15, 0.2) is 0 Å². The highest BCUT2D eigenvalue weighted by Crippen LogP contribution is 2.30. The number of hydrogen-bond donors (Lipinski definition) is 0. The molecule has 0 aromatic rings. The summed E-state index contributed by atoms with van der Waals surface area (Å²) in [6.45, 7) is 11.2. The lowest BCUT2D eigenvalue weighted by molar-refractivity contribution is -0.136. The third-order valence-corrected chi connectivity index (χ3v) is 4.15. The van der Waals surface area contributed by atoms with Gasteiger partial charge in [0, 0.05) is 26.2 Å². The quantitative estimate of drug-likeness (QED) is 0.766. The molecule has 18 heavy (non-hydrogen) atoms. The van der Waals surface area contributed by atoms with E-state index in [9.17, 15) is 4.79 Å². The summed E-state index contributed by atoms with van der Waals surface area (Å²) in [5.74, 6) is 0.209. The normalized spacial score (nSPS) is 21.1. The molecule has 0 saturated carbocycles. The molecule has 0 aromatic heterocycles. The Morgan fingerprint density at radius 3 is 2.28 bits per heavy atom. The van der Waals surface area contributed by atoms with Crippen molar-refractivity contribution in [2.45, 2.75) is 46.6 Å².